The van der Waals surface area contributed by atoms with Gasteiger partial charge in [0, 0.05) is 25.3 Å². The average molecular weight is 411 g/mol. The summed E-state index contributed by atoms with van der Waals surface area (Å²) in [6, 6.07) is 13.3. The fraction of sp³-hybridized carbons (Fsp3) is 0.417. The second-order valence-electron chi connectivity index (χ2n) is 7.37. The number of aryl methyl sites for hydroxylation is 2. The van der Waals surface area contributed by atoms with Crippen LogP contribution in [0.3, 0.4) is 0 Å². The molecule has 30 heavy (non-hydrogen) atoms. The van der Waals surface area contributed by atoms with Crippen molar-refractivity contribution < 1.29 is 19.1 Å². The molecule has 0 aromatic heterocycles. The first kappa shape index (κ1) is 22.0. The predicted molar refractivity (Wildman–Crippen MR) is 117 cm³/mol. The van der Waals surface area contributed by atoms with Gasteiger partial charge in [-0.2, -0.15) is 0 Å². The Balaban J connectivity index is 1.52. The van der Waals surface area contributed by atoms with E-state index >= 15 is 0 Å². The number of morpholine rings is 1. The number of hydrogen-bond donors (Lipinski definition) is 1. The number of nitrogens with zero attached hydrogens (tertiary/aromatic N) is 1. The van der Waals surface area contributed by atoms with E-state index < -0.39 is 5.97 Å². The van der Waals surface area contributed by atoms with E-state index in [-0.39, 0.29) is 12.5 Å². The largest absolute Gasteiger partial charge is 0.452 e. The summed E-state index contributed by atoms with van der Waals surface area (Å²) in [6.07, 6.45) is 1.64. The van der Waals surface area contributed by atoms with Gasteiger partial charge in [-0.05, 0) is 41.7 Å². The molecule has 1 amide bonds. The van der Waals surface area contributed by atoms with Crippen LogP contribution in [0.5, 0.6) is 0 Å². The third kappa shape index (κ3) is 5.90. The minimum absolute atomic E-state index is 0.310. The molecule has 1 heterocycles. The Hall–Kier alpha value is -2.70. The molecule has 2 aromatic rings. The average Bonchev–Trinajstić information content (AvgIpc) is 2.78. The summed E-state index contributed by atoms with van der Waals surface area (Å²) in [6.45, 7) is 7.97. The Morgan fingerprint density at radius 3 is 2.23 bits per heavy atom. The van der Waals surface area contributed by atoms with Crippen LogP contribution >= 0.6 is 0 Å². The maximum atomic E-state index is 12.4. The quantitative estimate of drug-likeness (QED) is 0.676. The molecule has 0 aliphatic carbocycles. The van der Waals surface area contributed by atoms with E-state index in [2.05, 4.69) is 10.2 Å². The van der Waals surface area contributed by atoms with Crippen LogP contribution in [0.4, 0.5) is 5.69 Å². The molecule has 0 atom stereocenters. The third-order valence-corrected chi connectivity index (χ3v) is 5.30. The van der Waals surface area contributed by atoms with Crippen molar-refractivity contribution in [1.29, 1.82) is 0 Å². The molecule has 0 radical (unpaired) electrons. The number of ether oxygens (including phenoxy) is 2. The van der Waals surface area contributed by atoms with Gasteiger partial charge >= 0.3 is 5.97 Å². The number of benzene rings is 2. The summed E-state index contributed by atoms with van der Waals surface area (Å²) in [5.74, 6) is -0.828. The van der Waals surface area contributed by atoms with E-state index in [4.69, 9.17) is 9.47 Å². The van der Waals surface area contributed by atoms with Gasteiger partial charge in [0.1, 0.15) is 0 Å². The van der Waals surface area contributed by atoms with E-state index in [9.17, 15) is 9.59 Å². The van der Waals surface area contributed by atoms with Crippen molar-refractivity contribution in [1.82, 2.24) is 4.90 Å². The number of rotatable bonds is 8. The van der Waals surface area contributed by atoms with Gasteiger partial charge in [-0.25, -0.2) is 4.79 Å². The molecule has 1 aliphatic heterocycles. The van der Waals surface area contributed by atoms with Crippen LogP contribution in [0.1, 0.15) is 40.9 Å². The lowest BCUT2D eigenvalue weighted by molar-refractivity contribution is -0.119. The van der Waals surface area contributed by atoms with Crippen molar-refractivity contribution in [2.45, 2.75) is 33.2 Å². The maximum absolute atomic E-state index is 12.4. The fourth-order valence-corrected chi connectivity index (χ4v) is 3.56. The van der Waals surface area contributed by atoms with Crippen molar-refractivity contribution in [2.24, 2.45) is 0 Å². The molecule has 160 valence electrons. The minimum Gasteiger partial charge on any atom is -0.452 e. The Morgan fingerprint density at radius 2 is 1.63 bits per heavy atom. The highest BCUT2D eigenvalue weighted by atomic mass is 16.5. The van der Waals surface area contributed by atoms with Gasteiger partial charge in [0.2, 0.25) is 0 Å². The number of para-hydroxylation sites is 1. The second kappa shape index (κ2) is 10.9. The number of anilines is 1. The minimum atomic E-state index is -0.498. The van der Waals surface area contributed by atoms with Crippen LogP contribution in [0, 0.1) is 0 Å². The monoisotopic (exact) mass is 410 g/mol. The fourth-order valence-electron chi connectivity index (χ4n) is 3.56. The SMILES string of the molecule is CCc1cccc(CC)c1NC(=O)COC(=O)c1ccc(CN2CCOCC2)cc1. The number of carbonyl (C=O) groups is 2. The van der Waals surface area contributed by atoms with Gasteiger partial charge in [0.05, 0.1) is 18.8 Å². The van der Waals surface area contributed by atoms with Crippen LogP contribution in [0.15, 0.2) is 42.5 Å². The molecule has 1 N–H and O–H groups in total. The van der Waals surface area contributed by atoms with Crippen LogP contribution < -0.4 is 5.32 Å². The van der Waals surface area contributed by atoms with E-state index in [0.717, 1.165) is 68.1 Å². The van der Waals surface area contributed by atoms with E-state index in [1.807, 2.05) is 44.2 Å². The van der Waals surface area contributed by atoms with Gasteiger partial charge in [-0.15, -0.1) is 0 Å². The lowest BCUT2D eigenvalue weighted by Gasteiger charge is -2.26. The van der Waals surface area contributed by atoms with Gasteiger partial charge < -0.3 is 14.8 Å². The van der Waals surface area contributed by atoms with Crippen molar-refractivity contribution in [3.05, 3.63) is 64.7 Å². The summed E-state index contributed by atoms with van der Waals surface area (Å²) in [4.78, 5) is 27.0. The first-order valence-electron chi connectivity index (χ1n) is 10.6. The number of esters is 1. The van der Waals surface area contributed by atoms with Crippen LogP contribution in [0.2, 0.25) is 0 Å². The lowest BCUT2D eigenvalue weighted by Crippen LogP contribution is -2.35. The zero-order valence-corrected chi connectivity index (χ0v) is 17.8. The van der Waals surface area contributed by atoms with Crippen molar-refractivity contribution in [2.75, 3.05) is 38.2 Å². The first-order chi connectivity index (χ1) is 14.6. The highest BCUT2D eigenvalue weighted by molar-refractivity contribution is 5.96. The molecule has 6 nitrogen and oxygen atoms in total. The molecule has 0 unspecified atom stereocenters. The second-order valence-corrected chi connectivity index (χ2v) is 7.37. The Kier molecular flexibility index (Phi) is 7.99. The van der Waals surface area contributed by atoms with Gasteiger partial charge in [-0.3, -0.25) is 9.69 Å². The lowest BCUT2D eigenvalue weighted by atomic mass is 10.0. The molecule has 2 aromatic carbocycles. The van der Waals surface area contributed by atoms with Crippen molar-refractivity contribution >= 4 is 17.6 Å². The Morgan fingerprint density at radius 1 is 1.00 bits per heavy atom. The van der Waals surface area contributed by atoms with Crippen LogP contribution in [0.25, 0.3) is 0 Å². The van der Waals surface area contributed by atoms with Gasteiger partial charge in [0.15, 0.2) is 6.61 Å². The van der Waals surface area contributed by atoms with Crippen LogP contribution in [-0.2, 0) is 33.7 Å². The van der Waals surface area contributed by atoms with Crippen LogP contribution in [-0.4, -0.2) is 49.7 Å². The summed E-state index contributed by atoms with van der Waals surface area (Å²) in [7, 11) is 0. The molecule has 0 spiro atoms. The maximum Gasteiger partial charge on any atom is 0.338 e. The summed E-state index contributed by atoms with van der Waals surface area (Å²) < 4.78 is 10.6. The number of hydrogen-bond acceptors (Lipinski definition) is 5. The van der Waals surface area contributed by atoms with E-state index in [1.54, 1.807) is 12.1 Å². The zero-order chi connectivity index (χ0) is 21.3. The number of amides is 1. The van der Waals surface area contributed by atoms with Gasteiger partial charge in [-0.1, -0.05) is 44.2 Å². The summed E-state index contributed by atoms with van der Waals surface area (Å²) in [5.41, 5.74) is 4.55. The molecule has 1 saturated heterocycles. The smallest absolute Gasteiger partial charge is 0.338 e. The predicted octanol–water partition coefficient (Wildman–Crippen LogP) is 3.44. The molecular formula is C24H30N2O4. The molecule has 1 fully saturated rings. The molecular weight excluding hydrogens is 380 g/mol. The van der Waals surface area contributed by atoms with Gasteiger partial charge in [0.25, 0.3) is 5.91 Å². The molecule has 3 rings (SSSR count). The Bertz CT molecular complexity index is 836. The third-order valence-electron chi connectivity index (χ3n) is 5.30. The molecule has 0 saturated carbocycles. The topological polar surface area (TPSA) is 67.9 Å². The standard InChI is InChI=1S/C24H30N2O4/c1-3-19-6-5-7-20(4-2)23(19)25-22(27)17-30-24(28)21-10-8-18(9-11-21)16-26-12-14-29-15-13-26/h5-11H,3-4,12-17H2,1-2H3,(H,25,27). The highest BCUT2D eigenvalue weighted by Gasteiger charge is 2.14. The Labute approximate surface area is 178 Å². The first-order valence-corrected chi connectivity index (χ1v) is 10.6. The van der Waals surface area contributed by atoms with Crippen molar-refractivity contribution in [3.63, 3.8) is 0 Å². The number of carbonyl (C=O) groups excluding carboxylic acids is 2. The molecule has 1 aliphatic rings. The zero-order valence-electron chi connectivity index (χ0n) is 17.8. The van der Waals surface area contributed by atoms with E-state index in [0.29, 0.717) is 5.56 Å². The summed E-state index contributed by atoms with van der Waals surface area (Å²) in [5, 5.41) is 2.91. The normalized spacial score (nSPS) is 14.3. The van der Waals surface area contributed by atoms with Crippen molar-refractivity contribution in [3.8, 4) is 0 Å². The summed E-state index contributed by atoms with van der Waals surface area (Å²) >= 11 is 0. The molecule has 0 bridgehead atoms. The number of nitrogens with one attached hydrogen (secondary N) is 1. The molecule has 6 heteroatoms. The highest BCUT2D eigenvalue weighted by Crippen LogP contribution is 2.22. The van der Waals surface area contributed by atoms with E-state index in [1.165, 1.54) is 0 Å².